The van der Waals surface area contributed by atoms with Crippen molar-refractivity contribution in [3.05, 3.63) is 89.4 Å². The predicted molar refractivity (Wildman–Crippen MR) is 115 cm³/mol. The van der Waals surface area contributed by atoms with Crippen LogP contribution >= 0.6 is 23.2 Å². The van der Waals surface area contributed by atoms with Crippen molar-refractivity contribution in [2.75, 3.05) is 0 Å². The molecule has 5 nitrogen and oxygen atoms in total. The van der Waals surface area contributed by atoms with E-state index in [1.165, 1.54) is 0 Å². The lowest BCUT2D eigenvalue weighted by Crippen LogP contribution is -1.98. The van der Waals surface area contributed by atoms with Crippen molar-refractivity contribution in [1.82, 2.24) is 24.5 Å². The first-order valence-corrected chi connectivity index (χ1v) is 9.65. The normalized spacial score (nSPS) is 11.1. The van der Waals surface area contributed by atoms with Crippen LogP contribution in [-0.2, 0) is 0 Å². The maximum absolute atomic E-state index is 5.95. The van der Waals surface area contributed by atoms with Crippen LogP contribution in [0.2, 0.25) is 10.6 Å². The number of hydrogen-bond donors (Lipinski definition) is 0. The zero-order valence-electron chi connectivity index (χ0n) is 15.0. The van der Waals surface area contributed by atoms with Gasteiger partial charge in [-0.2, -0.15) is 15.0 Å². The summed E-state index contributed by atoms with van der Waals surface area (Å²) in [6.45, 7) is 0. The van der Waals surface area contributed by atoms with Gasteiger partial charge in [-0.3, -0.25) is 4.57 Å². The predicted octanol–water partition coefficient (Wildman–Crippen LogP) is 5.85. The van der Waals surface area contributed by atoms with Crippen molar-refractivity contribution in [2.24, 2.45) is 0 Å². The lowest BCUT2D eigenvalue weighted by molar-refractivity contribution is 1.06. The van der Waals surface area contributed by atoms with Gasteiger partial charge in [-0.05, 0) is 53.5 Å². The van der Waals surface area contributed by atoms with Gasteiger partial charge >= 0.3 is 0 Å². The summed E-state index contributed by atoms with van der Waals surface area (Å²) in [6.07, 6.45) is 0. The molecule has 0 amide bonds. The molecule has 0 atom stereocenters. The molecule has 0 unspecified atom stereocenters. The van der Waals surface area contributed by atoms with Gasteiger partial charge in [0.25, 0.3) is 0 Å². The standard InChI is InChI=1S/C22H13Cl2N5/c23-21-26-19(27-22(24)28-21)14-7-6-8-15(13-14)20-25-17-11-4-5-12-18(17)29(20)16-9-2-1-3-10-16/h1-13H. The van der Waals surface area contributed by atoms with Gasteiger partial charge in [0.2, 0.25) is 10.6 Å². The largest absolute Gasteiger partial charge is 0.292 e. The molecule has 0 saturated carbocycles. The molecule has 29 heavy (non-hydrogen) atoms. The molecular weight excluding hydrogens is 405 g/mol. The Hall–Kier alpha value is -3.28. The molecule has 5 rings (SSSR count). The number of fused-ring (bicyclic) bond motifs is 1. The summed E-state index contributed by atoms with van der Waals surface area (Å²) >= 11 is 11.9. The van der Waals surface area contributed by atoms with E-state index in [1.54, 1.807) is 0 Å². The average molecular weight is 418 g/mol. The Labute approximate surface area is 176 Å². The molecule has 5 aromatic rings. The number of nitrogens with zero attached hydrogens (tertiary/aromatic N) is 5. The van der Waals surface area contributed by atoms with E-state index in [2.05, 4.69) is 37.7 Å². The molecule has 0 saturated heterocycles. The monoisotopic (exact) mass is 417 g/mol. The van der Waals surface area contributed by atoms with Gasteiger partial charge in [-0.1, -0.05) is 48.5 Å². The van der Waals surface area contributed by atoms with Crippen LogP contribution in [0.4, 0.5) is 0 Å². The molecule has 3 aromatic carbocycles. The summed E-state index contributed by atoms with van der Waals surface area (Å²) in [5, 5.41) is 0.115. The molecule has 0 aliphatic rings. The van der Waals surface area contributed by atoms with Crippen LogP contribution < -0.4 is 0 Å². The fourth-order valence-electron chi connectivity index (χ4n) is 3.31. The smallest absolute Gasteiger partial charge is 0.227 e. The highest BCUT2D eigenvalue weighted by atomic mass is 35.5. The summed E-state index contributed by atoms with van der Waals surface area (Å²) in [5.41, 5.74) is 4.69. The van der Waals surface area contributed by atoms with Crippen LogP contribution in [0.3, 0.4) is 0 Å². The fourth-order valence-corrected chi connectivity index (χ4v) is 3.67. The van der Waals surface area contributed by atoms with E-state index >= 15 is 0 Å². The molecule has 0 N–H and O–H groups in total. The average Bonchev–Trinajstić information content (AvgIpc) is 3.13. The number of imidazole rings is 1. The van der Waals surface area contributed by atoms with E-state index in [9.17, 15) is 0 Å². The molecule has 2 aromatic heterocycles. The highest BCUT2D eigenvalue weighted by Gasteiger charge is 2.15. The van der Waals surface area contributed by atoms with Gasteiger partial charge in [-0.15, -0.1) is 0 Å². The van der Waals surface area contributed by atoms with Crippen LogP contribution in [0.25, 0.3) is 39.5 Å². The molecule has 140 valence electrons. The molecular formula is C22H13Cl2N5. The van der Waals surface area contributed by atoms with Crippen molar-refractivity contribution < 1.29 is 0 Å². The third kappa shape index (κ3) is 3.35. The van der Waals surface area contributed by atoms with Crippen molar-refractivity contribution in [2.45, 2.75) is 0 Å². The number of rotatable bonds is 3. The summed E-state index contributed by atoms with van der Waals surface area (Å²) in [6, 6.07) is 26.0. The van der Waals surface area contributed by atoms with Gasteiger partial charge in [0, 0.05) is 16.8 Å². The van der Waals surface area contributed by atoms with E-state index in [0.29, 0.717) is 5.82 Å². The molecule has 0 spiro atoms. The van der Waals surface area contributed by atoms with E-state index in [1.807, 2.05) is 60.7 Å². The van der Waals surface area contributed by atoms with Crippen LogP contribution in [0.5, 0.6) is 0 Å². The first-order valence-electron chi connectivity index (χ1n) is 8.90. The number of aromatic nitrogens is 5. The fraction of sp³-hybridized carbons (Fsp3) is 0. The molecule has 0 bridgehead atoms. The number of hydrogen-bond acceptors (Lipinski definition) is 4. The number of benzene rings is 3. The maximum Gasteiger partial charge on any atom is 0.227 e. The highest BCUT2D eigenvalue weighted by molar-refractivity contribution is 6.31. The second-order valence-corrected chi connectivity index (χ2v) is 7.05. The van der Waals surface area contributed by atoms with Crippen molar-refractivity contribution in [3.8, 4) is 28.5 Å². The topological polar surface area (TPSA) is 56.5 Å². The van der Waals surface area contributed by atoms with Crippen molar-refractivity contribution >= 4 is 34.2 Å². The summed E-state index contributed by atoms with van der Waals surface area (Å²) in [5.74, 6) is 1.24. The third-order valence-corrected chi connectivity index (χ3v) is 4.87. The van der Waals surface area contributed by atoms with Crippen LogP contribution in [0, 0.1) is 0 Å². The minimum Gasteiger partial charge on any atom is -0.292 e. The van der Waals surface area contributed by atoms with E-state index < -0.39 is 0 Å². The Morgan fingerprint density at radius 3 is 2.10 bits per heavy atom. The van der Waals surface area contributed by atoms with Gasteiger partial charge < -0.3 is 0 Å². The molecule has 0 aliphatic carbocycles. The Bertz CT molecular complexity index is 1310. The highest BCUT2D eigenvalue weighted by Crippen LogP contribution is 2.30. The van der Waals surface area contributed by atoms with Crippen LogP contribution in [0.1, 0.15) is 0 Å². The zero-order valence-corrected chi connectivity index (χ0v) is 16.5. The first kappa shape index (κ1) is 17.8. The summed E-state index contributed by atoms with van der Waals surface area (Å²) in [4.78, 5) is 17.1. The Morgan fingerprint density at radius 1 is 0.621 bits per heavy atom. The Balaban J connectivity index is 1.73. The second kappa shape index (κ2) is 7.28. The zero-order chi connectivity index (χ0) is 19.8. The molecule has 0 fully saturated rings. The van der Waals surface area contributed by atoms with Gasteiger partial charge in [0.15, 0.2) is 5.82 Å². The second-order valence-electron chi connectivity index (χ2n) is 6.37. The number of para-hydroxylation sites is 3. The van der Waals surface area contributed by atoms with Crippen LogP contribution in [-0.4, -0.2) is 24.5 Å². The minimum absolute atomic E-state index is 0.0573. The van der Waals surface area contributed by atoms with Gasteiger partial charge in [-0.25, -0.2) is 4.98 Å². The minimum atomic E-state index is 0.0573. The SMILES string of the molecule is Clc1nc(Cl)nc(-c2cccc(-c3nc4ccccc4n3-c3ccccc3)c2)n1. The summed E-state index contributed by atoms with van der Waals surface area (Å²) < 4.78 is 2.14. The number of halogens is 2. The molecule has 7 heteroatoms. The molecule has 0 aliphatic heterocycles. The maximum atomic E-state index is 5.95. The van der Waals surface area contributed by atoms with Crippen LogP contribution in [0.15, 0.2) is 78.9 Å². The molecule has 2 heterocycles. The lowest BCUT2D eigenvalue weighted by Gasteiger charge is -2.10. The van der Waals surface area contributed by atoms with Crippen molar-refractivity contribution in [3.63, 3.8) is 0 Å². The lowest BCUT2D eigenvalue weighted by atomic mass is 10.1. The van der Waals surface area contributed by atoms with Gasteiger partial charge in [0.05, 0.1) is 11.0 Å². The molecule has 0 radical (unpaired) electrons. The first-order chi connectivity index (χ1) is 14.2. The summed E-state index contributed by atoms with van der Waals surface area (Å²) in [7, 11) is 0. The third-order valence-electron chi connectivity index (χ3n) is 4.53. The van der Waals surface area contributed by atoms with Crippen molar-refractivity contribution in [1.29, 1.82) is 0 Å². The Morgan fingerprint density at radius 2 is 1.31 bits per heavy atom. The van der Waals surface area contributed by atoms with Gasteiger partial charge in [0.1, 0.15) is 5.82 Å². The van der Waals surface area contributed by atoms with E-state index in [4.69, 9.17) is 28.2 Å². The van der Waals surface area contributed by atoms with E-state index in [-0.39, 0.29) is 10.6 Å². The quantitative estimate of drug-likeness (QED) is 0.369. The van der Waals surface area contributed by atoms with E-state index in [0.717, 1.165) is 33.7 Å². The Kier molecular flexibility index (Phi) is 4.46.